The lowest BCUT2D eigenvalue weighted by molar-refractivity contribution is 0.0796. The first-order valence-corrected chi connectivity index (χ1v) is 12.6. The molecule has 2 aromatic heterocycles. The van der Waals surface area contributed by atoms with Gasteiger partial charge in [-0.1, -0.05) is 32.9 Å². The minimum Gasteiger partial charge on any atom is -0.497 e. The summed E-state index contributed by atoms with van der Waals surface area (Å²) in [6, 6.07) is 16.6. The number of benzene rings is 2. The molecule has 1 saturated heterocycles. The van der Waals surface area contributed by atoms with Gasteiger partial charge in [-0.3, -0.25) is 9.69 Å². The normalized spacial score (nSPS) is 14.8. The topological polar surface area (TPSA) is 63.7 Å². The Bertz CT molecular complexity index is 1400. The lowest BCUT2D eigenvalue weighted by Crippen LogP contribution is -2.58. The fourth-order valence-electron chi connectivity index (χ4n) is 4.48. The second-order valence-corrected chi connectivity index (χ2v) is 11.2. The zero-order valence-corrected chi connectivity index (χ0v) is 21.7. The van der Waals surface area contributed by atoms with Crippen molar-refractivity contribution in [2.75, 3.05) is 27.3 Å². The highest BCUT2D eigenvalue weighted by Gasteiger charge is 2.29. The summed E-state index contributed by atoms with van der Waals surface area (Å²) in [5.74, 6) is 1.57. The first-order valence-electron chi connectivity index (χ1n) is 11.8. The molecule has 0 bridgehead atoms. The Labute approximate surface area is 209 Å². The van der Waals surface area contributed by atoms with Crippen molar-refractivity contribution in [1.29, 1.82) is 0 Å². The summed E-state index contributed by atoms with van der Waals surface area (Å²) < 4.78 is 10.8. The summed E-state index contributed by atoms with van der Waals surface area (Å²) >= 11 is 1.45. The molecule has 2 aromatic carbocycles. The van der Waals surface area contributed by atoms with Crippen molar-refractivity contribution >= 4 is 38.4 Å². The summed E-state index contributed by atoms with van der Waals surface area (Å²) in [6.07, 6.45) is 0. The van der Waals surface area contributed by atoms with E-state index in [0.29, 0.717) is 4.88 Å². The molecule has 1 amide bonds. The smallest absolute Gasteiger partial charge is 0.261 e. The molecule has 7 heteroatoms. The maximum Gasteiger partial charge on any atom is 0.261 e. The predicted molar refractivity (Wildman–Crippen MR) is 142 cm³/mol. The monoisotopic (exact) mass is 489 g/mol. The second-order valence-electron chi connectivity index (χ2n) is 10.2. The van der Waals surface area contributed by atoms with Gasteiger partial charge in [0.25, 0.3) is 5.91 Å². The highest BCUT2D eigenvalue weighted by molar-refractivity contribution is 7.20. The Hall–Kier alpha value is -3.16. The van der Waals surface area contributed by atoms with Gasteiger partial charge in [-0.25, -0.2) is 4.98 Å². The number of nitrogens with zero attached hydrogens (tertiary/aromatic N) is 2. The van der Waals surface area contributed by atoms with E-state index in [-0.39, 0.29) is 17.4 Å². The number of hydrogen-bond acceptors (Lipinski definition) is 6. The first kappa shape index (κ1) is 23.6. The summed E-state index contributed by atoms with van der Waals surface area (Å²) in [6.45, 7) is 9.02. The molecule has 0 unspecified atom stereocenters. The molecule has 4 aromatic rings. The fourth-order valence-corrected chi connectivity index (χ4v) is 5.41. The summed E-state index contributed by atoms with van der Waals surface area (Å²) in [7, 11) is 3.32. The number of nitrogens with one attached hydrogen (secondary N) is 1. The third kappa shape index (κ3) is 4.83. The Morgan fingerprint density at radius 1 is 1.06 bits per heavy atom. The molecule has 35 heavy (non-hydrogen) atoms. The van der Waals surface area contributed by atoms with E-state index in [0.717, 1.165) is 57.8 Å². The van der Waals surface area contributed by atoms with Gasteiger partial charge in [-0.05, 0) is 41.3 Å². The van der Waals surface area contributed by atoms with Crippen LogP contribution in [-0.4, -0.2) is 49.1 Å². The maximum atomic E-state index is 13.0. The Kier molecular flexibility index (Phi) is 6.15. The van der Waals surface area contributed by atoms with E-state index in [1.54, 1.807) is 14.2 Å². The largest absolute Gasteiger partial charge is 0.497 e. The van der Waals surface area contributed by atoms with Crippen molar-refractivity contribution in [3.05, 3.63) is 64.5 Å². The van der Waals surface area contributed by atoms with E-state index < -0.39 is 0 Å². The fraction of sp³-hybridized carbons (Fsp3) is 0.357. The van der Waals surface area contributed by atoms with Crippen LogP contribution in [0.3, 0.4) is 0 Å². The minimum absolute atomic E-state index is 0.0286. The summed E-state index contributed by atoms with van der Waals surface area (Å²) in [5, 5.41) is 5.30. The molecule has 182 valence electrons. The number of pyridine rings is 1. The van der Waals surface area contributed by atoms with Crippen molar-refractivity contribution in [2.45, 2.75) is 38.8 Å². The number of methoxy groups -OCH3 is 2. The van der Waals surface area contributed by atoms with Crippen molar-refractivity contribution in [1.82, 2.24) is 15.2 Å². The third-order valence-electron chi connectivity index (χ3n) is 6.57. The third-order valence-corrected chi connectivity index (χ3v) is 7.61. The minimum atomic E-state index is -0.0286. The number of likely N-dealkylation sites (tertiary alicyclic amines) is 1. The molecule has 0 aliphatic carbocycles. The van der Waals surface area contributed by atoms with Gasteiger partial charge in [0.2, 0.25) is 0 Å². The van der Waals surface area contributed by atoms with Crippen LogP contribution >= 0.6 is 11.3 Å². The molecule has 0 spiro atoms. The van der Waals surface area contributed by atoms with Crippen molar-refractivity contribution in [3.8, 4) is 11.5 Å². The maximum absolute atomic E-state index is 13.0. The first-order chi connectivity index (χ1) is 16.7. The van der Waals surface area contributed by atoms with Crippen LogP contribution in [0.1, 0.15) is 41.6 Å². The summed E-state index contributed by atoms with van der Waals surface area (Å²) in [4.78, 5) is 21.7. The van der Waals surface area contributed by atoms with Crippen LogP contribution < -0.4 is 14.8 Å². The number of carbonyl (C=O) groups excluding carboxylic acids is 1. The van der Waals surface area contributed by atoms with Gasteiger partial charge in [0.1, 0.15) is 16.3 Å². The number of aromatic nitrogens is 1. The number of amides is 1. The van der Waals surface area contributed by atoms with E-state index in [9.17, 15) is 4.79 Å². The van der Waals surface area contributed by atoms with Gasteiger partial charge < -0.3 is 14.8 Å². The van der Waals surface area contributed by atoms with Crippen molar-refractivity contribution < 1.29 is 14.3 Å². The van der Waals surface area contributed by atoms with Crippen molar-refractivity contribution in [2.24, 2.45) is 0 Å². The van der Waals surface area contributed by atoms with Crippen LogP contribution in [0.15, 0.2) is 48.5 Å². The number of ether oxygens (including phenoxy) is 2. The molecule has 1 fully saturated rings. The second kappa shape index (κ2) is 9.13. The lowest BCUT2D eigenvalue weighted by atomic mass is 9.86. The number of rotatable bonds is 6. The standard InChI is InChI=1S/C28H31N3O3S/c1-28(2,3)20-7-9-23-18(11-20)10-19-12-25(35-27(19)30-23)26(32)29-21-15-31(16-21)14-17-6-8-22(33-4)13-24(17)34-5/h6-13,21H,14-16H2,1-5H3,(H,29,32). The van der Waals surface area contributed by atoms with Crippen LogP contribution in [-0.2, 0) is 12.0 Å². The predicted octanol–water partition coefficient (Wildman–Crippen LogP) is 5.38. The van der Waals surface area contributed by atoms with E-state index >= 15 is 0 Å². The highest BCUT2D eigenvalue weighted by Crippen LogP contribution is 2.31. The molecular weight excluding hydrogens is 458 g/mol. The van der Waals surface area contributed by atoms with Gasteiger partial charge in [-0.2, -0.15) is 0 Å². The zero-order valence-electron chi connectivity index (χ0n) is 20.8. The molecule has 1 aliphatic rings. The van der Waals surface area contributed by atoms with E-state index in [2.05, 4.69) is 55.3 Å². The molecule has 0 radical (unpaired) electrons. The average Bonchev–Trinajstić information content (AvgIpc) is 3.23. The summed E-state index contributed by atoms with van der Waals surface area (Å²) in [5.41, 5.74) is 3.43. The van der Waals surface area contributed by atoms with Crippen LogP contribution in [0.25, 0.3) is 21.1 Å². The van der Waals surface area contributed by atoms with E-state index in [1.807, 2.05) is 24.3 Å². The quantitative estimate of drug-likeness (QED) is 0.394. The number of thiophene rings is 1. The van der Waals surface area contributed by atoms with Crippen LogP contribution in [0.4, 0.5) is 0 Å². The molecule has 1 aliphatic heterocycles. The van der Waals surface area contributed by atoms with Gasteiger partial charge in [-0.15, -0.1) is 11.3 Å². The van der Waals surface area contributed by atoms with Crippen molar-refractivity contribution in [3.63, 3.8) is 0 Å². The van der Waals surface area contributed by atoms with E-state index in [4.69, 9.17) is 14.5 Å². The van der Waals surface area contributed by atoms with Crippen LogP contribution in [0.2, 0.25) is 0 Å². The van der Waals surface area contributed by atoms with Crippen LogP contribution in [0, 0.1) is 0 Å². The Morgan fingerprint density at radius 2 is 1.86 bits per heavy atom. The number of hydrogen-bond donors (Lipinski definition) is 1. The van der Waals surface area contributed by atoms with Gasteiger partial charge in [0.05, 0.1) is 30.7 Å². The Balaban J connectivity index is 1.24. The lowest BCUT2D eigenvalue weighted by Gasteiger charge is -2.39. The SMILES string of the molecule is COc1ccc(CN2CC(NC(=O)c3cc4cc5cc(C(C)(C)C)ccc5nc4s3)C2)c(OC)c1. The zero-order chi connectivity index (χ0) is 24.7. The van der Waals surface area contributed by atoms with E-state index in [1.165, 1.54) is 16.9 Å². The van der Waals surface area contributed by atoms with Crippen LogP contribution in [0.5, 0.6) is 11.5 Å². The molecule has 5 rings (SSSR count). The highest BCUT2D eigenvalue weighted by atomic mass is 32.1. The molecule has 0 saturated carbocycles. The van der Waals surface area contributed by atoms with Gasteiger partial charge in [0, 0.05) is 42.0 Å². The number of carbonyl (C=O) groups is 1. The molecule has 3 heterocycles. The van der Waals surface area contributed by atoms with Gasteiger partial charge >= 0.3 is 0 Å². The molecule has 1 N–H and O–H groups in total. The molecular formula is C28H31N3O3S. The average molecular weight is 490 g/mol. The molecule has 6 nitrogen and oxygen atoms in total. The van der Waals surface area contributed by atoms with Gasteiger partial charge in [0.15, 0.2) is 0 Å². The Morgan fingerprint density at radius 3 is 2.57 bits per heavy atom. The number of fused-ring (bicyclic) bond motifs is 2. The molecule has 0 atom stereocenters.